The molecule has 1 atom stereocenters. The van der Waals surface area contributed by atoms with Crippen molar-refractivity contribution in [2.75, 3.05) is 0 Å². The zero-order valence-corrected chi connectivity index (χ0v) is 7.15. The predicted molar refractivity (Wildman–Crippen MR) is 43.6 cm³/mol. The highest BCUT2D eigenvalue weighted by Crippen LogP contribution is 1.96. The van der Waals surface area contributed by atoms with Gasteiger partial charge in [0.25, 0.3) is 0 Å². The highest BCUT2D eigenvalue weighted by Gasteiger charge is 2.21. The summed E-state index contributed by atoms with van der Waals surface area (Å²) in [5, 5.41) is 25.0. The van der Waals surface area contributed by atoms with Gasteiger partial charge in [-0.1, -0.05) is 0 Å². The van der Waals surface area contributed by atoms with Crippen molar-refractivity contribution >= 4 is 36.0 Å². The van der Waals surface area contributed by atoms with Crippen molar-refractivity contribution in [1.82, 2.24) is 3.53 Å². The molecule has 0 amide bonds. The number of hydrogen-bond acceptors (Lipinski definition) is 4. The van der Waals surface area contributed by atoms with Crippen LogP contribution in [0.3, 0.4) is 0 Å². The minimum absolute atomic E-state index is 0.210. The Kier molecular flexibility index (Phi) is 4.96. The van der Waals surface area contributed by atoms with Gasteiger partial charge in [0.2, 0.25) is 0 Å². The molecular weight excluding hydrogens is 252 g/mol. The van der Waals surface area contributed by atoms with Crippen LogP contribution >= 0.6 is 22.9 Å². The maximum Gasteiger partial charge on any atom is 0.453 e. The molecule has 4 N–H and O–H groups in total. The third-order valence-corrected chi connectivity index (χ3v) is 1.63. The molecule has 0 radical (unpaired) electrons. The highest BCUT2D eigenvalue weighted by atomic mass is 127. The van der Waals surface area contributed by atoms with E-state index in [0.717, 1.165) is 0 Å². The Morgan fingerprint density at radius 1 is 1.70 bits per heavy atom. The van der Waals surface area contributed by atoms with Gasteiger partial charge in [-0.2, -0.15) is 0 Å². The van der Waals surface area contributed by atoms with E-state index >= 15 is 0 Å². The number of nitrogens with one attached hydrogen (secondary N) is 1. The number of carbonyl (C=O) groups is 1. The van der Waals surface area contributed by atoms with Gasteiger partial charge in [-0.25, -0.2) is 3.53 Å². The van der Waals surface area contributed by atoms with Crippen LogP contribution < -0.4 is 3.53 Å². The predicted octanol–water partition coefficient (Wildman–Crippen LogP) is -1.15. The lowest BCUT2D eigenvalue weighted by Gasteiger charge is -2.07. The first-order valence-electron chi connectivity index (χ1n) is 2.53. The van der Waals surface area contributed by atoms with E-state index in [1.54, 1.807) is 22.9 Å². The van der Waals surface area contributed by atoms with Crippen molar-refractivity contribution in [3.8, 4) is 0 Å². The lowest BCUT2D eigenvalue weighted by atomic mass is 9.82. The fourth-order valence-electron chi connectivity index (χ4n) is 0.403. The first-order valence-corrected chi connectivity index (χ1v) is 3.61. The summed E-state index contributed by atoms with van der Waals surface area (Å²) < 4.78 is 2.38. The first kappa shape index (κ1) is 10.1. The Morgan fingerprint density at radius 2 is 2.20 bits per heavy atom. The second kappa shape index (κ2) is 4.88. The van der Waals surface area contributed by atoms with E-state index in [1.807, 2.05) is 0 Å². The molecule has 0 aromatic heterocycles. The lowest BCUT2D eigenvalue weighted by molar-refractivity contribution is -0.138. The number of aliphatic carboxylic acids is 1. The summed E-state index contributed by atoms with van der Waals surface area (Å²) >= 11 is 1.65. The van der Waals surface area contributed by atoms with Crippen LogP contribution in [0.25, 0.3) is 0 Å². The summed E-state index contributed by atoms with van der Waals surface area (Å²) in [5.74, 6) is -1.09. The van der Waals surface area contributed by atoms with E-state index in [9.17, 15) is 4.79 Å². The second-order valence-electron chi connectivity index (χ2n) is 1.72. The molecular formula is C3H7BINO4. The topological polar surface area (TPSA) is 89.8 Å². The maximum absolute atomic E-state index is 10.2. The van der Waals surface area contributed by atoms with Gasteiger partial charge < -0.3 is 15.2 Å². The fraction of sp³-hybridized carbons (Fsp3) is 0.667. The molecule has 0 aromatic rings. The summed E-state index contributed by atoms with van der Waals surface area (Å²) in [6, 6.07) is -0.902. The lowest BCUT2D eigenvalue weighted by Crippen LogP contribution is -2.34. The van der Waals surface area contributed by atoms with Crippen LogP contribution in [0.1, 0.15) is 0 Å². The smallest absolute Gasteiger partial charge is 0.453 e. The molecule has 5 nitrogen and oxygen atoms in total. The highest BCUT2D eigenvalue weighted by molar-refractivity contribution is 14.1. The Balaban J connectivity index is 3.72. The van der Waals surface area contributed by atoms with E-state index < -0.39 is 19.1 Å². The van der Waals surface area contributed by atoms with Crippen molar-refractivity contribution in [2.45, 2.75) is 12.4 Å². The average Bonchev–Trinajstić information content (AvgIpc) is 1.81. The molecule has 10 heavy (non-hydrogen) atoms. The molecule has 0 bridgehead atoms. The van der Waals surface area contributed by atoms with E-state index in [1.165, 1.54) is 0 Å². The van der Waals surface area contributed by atoms with Crippen molar-refractivity contribution in [3.63, 3.8) is 0 Å². The molecule has 0 aliphatic carbocycles. The van der Waals surface area contributed by atoms with Crippen LogP contribution in [-0.4, -0.2) is 34.3 Å². The molecule has 0 aliphatic rings. The summed E-state index contributed by atoms with van der Waals surface area (Å²) in [7, 11) is -1.58. The Bertz CT molecular complexity index is 121. The monoisotopic (exact) mass is 259 g/mol. The Labute approximate surface area is 72.1 Å². The standard InChI is InChI=1S/C3H7BINO4/c5-6-2(3(7)8)1-4(9)10/h2,6,9-10H,1H2,(H,7,8). The Hall–Kier alpha value is 0.145. The van der Waals surface area contributed by atoms with Gasteiger partial charge in [0.1, 0.15) is 6.04 Å². The normalized spacial score (nSPS) is 12.7. The quantitative estimate of drug-likeness (QED) is 0.291. The third-order valence-electron chi connectivity index (χ3n) is 0.876. The average molecular weight is 259 g/mol. The van der Waals surface area contributed by atoms with Gasteiger partial charge in [-0.15, -0.1) is 0 Å². The fourth-order valence-corrected chi connectivity index (χ4v) is 0.924. The van der Waals surface area contributed by atoms with Gasteiger partial charge in [-0.05, 0) is 0 Å². The number of rotatable bonds is 4. The number of carboxylic acids is 1. The molecule has 0 aromatic carbocycles. The van der Waals surface area contributed by atoms with Crippen LogP contribution in [0, 0.1) is 0 Å². The molecule has 0 saturated heterocycles. The minimum Gasteiger partial charge on any atom is -0.480 e. The zero-order valence-electron chi connectivity index (χ0n) is 4.99. The SMILES string of the molecule is O=C(O)C(CB(O)O)NI. The summed E-state index contributed by atoms with van der Waals surface area (Å²) in [4.78, 5) is 10.2. The van der Waals surface area contributed by atoms with Crippen LogP contribution in [0.15, 0.2) is 0 Å². The summed E-state index contributed by atoms with van der Waals surface area (Å²) in [5.41, 5.74) is 0. The number of carboxylic acid groups (broad SMARTS) is 1. The van der Waals surface area contributed by atoms with Crippen molar-refractivity contribution in [1.29, 1.82) is 0 Å². The van der Waals surface area contributed by atoms with Gasteiger partial charge in [0.15, 0.2) is 0 Å². The molecule has 0 rings (SSSR count). The van der Waals surface area contributed by atoms with Crippen molar-refractivity contribution < 1.29 is 19.9 Å². The summed E-state index contributed by atoms with van der Waals surface area (Å²) in [6.45, 7) is 0. The van der Waals surface area contributed by atoms with Crippen LogP contribution in [-0.2, 0) is 4.79 Å². The molecule has 0 fully saturated rings. The van der Waals surface area contributed by atoms with Crippen LogP contribution in [0.2, 0.25) is 6.32 Å². The van der Waals surface area contributed by atoms with Crippen LogP contribution in [0.5, 0.6) is 0 Å². The van der Waals surface area contributed by atoms with Gasteiger partial charge in [0, 0.05) is 29.2 Å². The van der Waals surface area contributed by atoms with Crippen molar-refractivity contribution in [3.05, 3.63) is 0 Å². The number of halogens is 1. The van der Waals surface area contributed by atoms with Crippen molar-refractivity contribution in [2.24, 2.45) is 0 Å². The van der Waals surface area contributed by atoms with E-state index in [-0.39, 0.29) is 6.32 Å². The van der Waals surface area contributed by atoms with E-state index in [2.05, 4.69) is 3.53 Å². The molecule has 0 aliphatic heterocycles. The third kappa shape index (κ3) is 4.04. The molecule has 1 unspecified atom stereocenters. The number of hydrogen-bond donors (Lipinski definition) is 4. The first-order chi connectivity index (χ1) is 4.57. The van der Waals surface area contributed by atoms with Gasteiger partial charge in [0.05, 0.1) is 0 Å². The molecule has 58 valence electrons. The minimum atomic E-state index is -1.58. The summed E-state index contributed by atoms with van der Waals surface area (Å²) in [6.07, 6.45) is -0.210. The van der Waals surface area contributed by atoms with Gasteiger partial charge in [-0.3, -0.25) is 4.79 Å². The Morgan fingerprint density at radius 3 is 2.30 bits per heavy atom. The molecule has 0 heterocycles. The maximum atomic E-state index is 10.2. The van der Waals surface area contributed by atoms with Crippen LogP contribution in [0.4, 0.5) is 0 Å². The largest absolute Gasteiger partial charge is 0.480 e. The molecule has 0 saturated carbocycles. The van der Waals surface area contributed by atoms with Gasteiger partial charge >= 0.3 is 13.1 Å². The molecule has 7 heteroatoms. The van der Waals surface area contributed by atoms with E-state index in [0.29, 0.717) is 0 Å². The second-order valence-corrected chi connectivity index (χ2v) is 2.34. The molecule has 0 spiro atoms. The van der Waals surface area contributed by atoms with E-state index in [4.69, 9.17) is 15.2 Å². The zero-order chi connectivity index (χ0) is 8.15.